The molecule has 0 atom stereocenters. The second-order valence-corrected chi connectivity index (χ2v) is 6.87. The number of hydrogen-bond acceptors (Lipinski definition) is 4. The van der Waals surface area contributed by atoms with Crippen LogP contribution < -0.4 is 0 Å². The highest BCUT2D eigenvalue weighted by Crippen LogP contribution is 2.28. The molecule has 0 amide bonds. The zero-order valence-electron chi connectivity index (χ0n) is 13.6. The number of rotatable bonds is 3. The standard InChI is InChI=1S/C21H13ClN2OS/c22-17-12-10-15(11-13-17)5-4-14-26-21-23-20(24-25-21)19-9-3-7-16-6-1-2-8-18(16)19/h1-3,6-13H,14H2. The van der Waals surface area contributed by atoms with Crippen molar-refractivity contribution in [1.29, 1.82) is 0 Å². The third kappa shape index (κ3) is 3.75. The predicted octanol–water partition coefficient (Wildman–Crippen LogP) is 5.69. The van der Waals surface area contributed by atoms with Crippen LogP contribution in [0.2, 0.25) is 5.02 Å². The number of nitrogens with zero attached hydrogens (tertiary/aromatic N) is 2. The molecule has 0 aliphatic rings. The number of fused-ring (bicyclic) bond motifs is 1. The maximum Gasteiger partial charge on any atom is 0.286 e. The van der Waals surface area contributed by atoms with Crippen molar-refractivity contribution in [1.82, 2.24) is 10.1 Å². The molecule has 0 unspecified atom stereocenters. The monoisotopic (exact) mass is 376 g/mol. The smallest absolute Gasteiger partial charge is 0.286 e. The van der Waals surface area contributed by atoms with Gasteiger partial charge in [-0.15, -0.1) is 0 Å². The summed E-state index contributed by atoms with van der Waals surface area (Å²) in [7, 11) is 0. The van der Waals surface area contributed by atoms with E-state index < -0.39 is 0 Å². The maximum atomic E-state index is 5.86. The summed E-state index contributed by atoms with van der Waals surface area (Å²) < 4.78 is 5.35. The molecule has 4 aromatic rings. The first-order valence-corrected chi connectivity index (χ1v) is 9.35. The summed E-state index contributed by atoms with van der Waals surface area (Å²) in [6.45, 7) is 0. The van der Waals surface area contributed by atoms with Crippen LogP contribution >= 0.6 is 23.4 Å². The molecule has 1 heterocycles. The first-order valence-electron chi connectivity index (χ1n) is 7.99. The van der Waals surface area contributed by atoms with E-state index in [1.807, 2.05) is 48.5 Å². The van der Waals surface area contributed by atoms with E-state index in [-0.39, 0.29) is 0 Å². The summed E-state index contributed by atoms with van der Waals surface area (Å²) in [5.41, 5.74) is 1.89. The van der Waals surface area contributed by atoms with Gasteiger partial charge in [-0.3, -0.25) is 0 Å². The molecule has 0 saturated carbocycles. The highest BCUT2D eigenvalue weighted by atomic mass is 35.5. The van der Waals surface area contributed by atoms with Crippen LogP contribution in [0.4, 0.5) is 0 Å². The van der Waals surface area contributed by atoms with E-state index in [0.717, 1.165) is 21.9 Å². The average molecular weight is 377 g/mol. The van der Waals surface area contributed by atoms with E-state index >= 15 is 0 Å². The van der Waals surface area contributed by atoms with Crippen molar-refractivity contribution in [2.45, 2.75) is 5.22 Å². The molecule has 4 rings (SSSR count). The molecular formula is C21H13ClN2OS. The zero-order valence-corrected chi connectivity index (χ0v) is 15.2. The second-order valence-electron chi connectivity index (χ2n) is 5.51. The lowest BCUT2D eigenvalue weighted by molar-refractivity contribution is 0.341. The molecule has 0 aliphatic carbocycles. The molecule has 26 heavy (non-hydrogen) atoms. The summed E-state index contributed by atoms with van der Waals surface area (Å²) in [6.07, 6.45) is 0. The Kier molecular flexibility index (Phi) is 4.92. The third-order valence-corrected chi connectivity index (χ3v) is 4.74. The Morgan fingerprint density at radius 1 is 0.962 bits per heavy atom. The molecule has 5 heteroatoms. The Morgan fingerprint density at radius 2 is 1.77 bits per heavy atom. The van der Waals surface area contributed by atoms with Crippen LogP contribution in [0.3, 0.4) is 0 Å². The van der Waals surface area contributed by atoms with Crippen molar-refractivity contribution in [3.05, 3.63) is 77.3 Å². The molecule has 0 aliphatic heterocycles. The molecule has 1 aromatic heterocycles. The quantitative estimate of drug-likeness (QED) is 0.340. The first-order chi connectivity index (χ1) is 12.8. The number of hydrogen-bond donors (Lipinski definition) is 0. The van der Waals surface area contributed by atoms with Crippen molar-refractivity contribution < 1.29 is 4.52 Å². The molecule has 0 N–H and O–H groups in total. The zero-order chi connectivity index (χ0) is 17.8. The van der Waals surface area contributed by atoms with Gasteiger partial charge in [-0.1, -0.05) is 82.8 Å². The maximum absolute atomic E-state index is 5.86. The lowest BCUT2D eigenvalue weighted by atomic mass is 10.0. The minimum absolute atomic E-state index is 0.512. The fourth-order valence-corrected chi connectivity index (χ4v) is 3.20. The molecule has 126 valence electrons. The third-order valence-electron chi connectivity index (χ3n) is 3.78. The van der Waals surface area contributed by atoms with Crippen molar-refractivity contribution in [2.24, 2.45) is 0 Å². The largest absolute Gasteiger partial charge is 0.327 e. The SMILES string of the molecule is Clc1ccc(C#CCSc2nc(-c3cccc4ccccc34)no2)cc1. The van der Waals surface area contributed by atoms with Crippen molar-refractivity contribution >= 4 is 34.1 Å². The Bertz CT molecular complexity index is 1100. The Labute approximate surface area is 160 Å². The number of aromatic nitrogens is 2. The fourth-order valence-electron chi connectivity index (χ4n) is 2.57. The molecule has 0 radical (unpaired) electrons. The van der Waals surface area contributed by atoms with Crippen LogP contribution in [0.5, 0.6) is 0 Å². The first kappa shape index (κ1) is 16.7. The lowest BCUT2D eigenvalue weighted by Gasteiger charge is -2.01. The topological polar surface area (TPSA) is 38.9 Å². The van der Waals surface area contributed by atoms with E-state index in [4.69, 9.17) is 16.1 Å². The van der Waals surface area contributed by atoms with Crippen molar-refractivity contribution in [2.75, 3.05) is 5.75 Å². The summed E-state index contributed by atoms with van der Waals surface area (Å²) in [6, 6.07) is 21.7. The van der Waals surface area contributed by atoms with Gasteiger partial charge in [-0.25, -0.2) is 0 Å². The summed E-state index contributed by atoms with van der Waals surface area (Å²) in [5, 5.41) is 7.59. The Balaban J connectivity index is 1.47. The van der Waals surface area contributed by atoms with Gasteiger partial charge in [0, 0.05) is 16.1 Å². The van der Waals surface area contributed by atoms with Crippen molar-refractivity contribution in [3.63, 3.8) is 0 Å². The molecular weight excluding hydrogens is 364 g/mol. The van der Waals surface area contributed by atoms with Gasteiger partial charge in [0.15, 0.2) is 0 Å². The molecule has 0 saturated heterocycles. The fraction of sp³-hybridized carbons (Fsp3) is 0.0476. The van der Waals surface area contributed by atoms with E-state index in [2.05, 4.69) is 40.2 Å². The van der Waals surface area contributed by atoms with Crippen LogP contribution in [0.1, 0.15) is 5.56 Å². The van der Waals surface area contributed by atoms with Gasteiger partial charge >= 0.3 is 0 Å². The van der Waals surface area contributed by atoms with Gasteiger partial charge in [0.1, 0.15) is 0 Å². The predicted molar refractivity (Wildman–Crippen MR) is 106 cm³/mol. The minimum atomic E-state index is 0.512. The Morgan fingerprint density at radius 3 is 2.65 bits per heavy atom. The minimum Gasteiger partial charge on any atom is -0.327 e. The number of benzene rings is 3. The van der Waals surface area contributed by atoms with Gasteiger partial charge in [0.2, 0.25) is 5.82 Å². The molecule has 3 aromatic carbocycles. The summed E-state index contributed by atoms with van der Waals surface area (Å²) in [5.74, 6) is 7.34. The lowest BCUT2D eigenvalue weighted by Crippen LogP contribution is -1.83. The van der Waals surface area contributed by atoms with E-state index in [0.29, 0.717) is 21.8 Å². The molecule has 3 nitrogen and oxygen atoms in total. The van der Waals surface area contributed by atoms with E-state index in [1.54, 1.807) is 0 Å². The second kappa shape index (κ2) is 7.65. The van der Waals surface area contributed by atoms with Crippen LogP contribution in [0.15, 0.2) is 76.5 Å². The molecule has 0 fully saturated rings. The summed E-state index contributed by atoms with van der Waals surface area (Å²) >= 11 is 7.29. The van der Waals surface area contributed by atoms with Crippen LogP contribution in [-0.2, 0) is 0 Å². The van der Waals surface area contributed by atoms with Crippen LogP contribution in [0, 0.1) is 11.8 Å². The molecule has 0 spiro atoms. The van der Waals surface area contributed by atoms with E-state index in [9.17, 15) is 0 Å². The normalized spacial score (nSPS) is 10.5. The van der Waals surface area contributed by atoms with Crippen LogP contribution in [0.25, 0.3) is 22.2 Å². The number of thioether (sulfide) groups is 1. The van der Waals surface area contributed by atoms with Gasteiger partial charge in [-0.2, -0.15) is 4.98 Å². The number of halogens is 1. The average Bonchev–Trinajstić information content (AvgIpc) is 3.15. The van der Waals surface area contributed by atoms with Gasteiger partial charge in [0.25, 0.3) is 5.22 Å². The summed E-state index contributed by atoms with van der Waals surface area (Å²) in [4.78, 5) is 4.49. The highest BCUT2D eigenvalue weighted by Gasteiger charge is 2.11. The molecule has 0 bridgehead atoms. The van der Waals surface area contributed by atoms with Gasteiger partial charge in [-0.05, 0) is 35.0 Å². The van der Waals surface area contributed by atoms with E-state index in [1.165, 1.54) is 11.8 Å². The van der Waals surface area contributed by atoms with Gasteiger partial charge < -0.3 is 4.52 Å². The highest BCUT2D eigenvalue weighted by molar-refractivity contribution is 7.99. The Hall–Kier alpha value is -2.74. The van der Waals surface area contributed by atoms with Crippen LogP contribution in [-0.4, -0.2) is 15.9 Å². The van der Waals surface area contributed by atoms with Gasteiger partial charge in [0.05, 0.1) is 5.75 Å². The van der Waals surface area contributed by atoms with Crippen molar-refractivity contribution in [3.8, 4) is 23.2 Å².